The highest BCUT2D eigenvalue weighted by Gasteiger charge is 2.72. The summed E-state index contributed by atoms with van der Waals surface area (Å²) in [6, 6.07) is 3.57. The van der Waals surface area contributed by atoms with Crippen molar-refractivity contribution in [2.45, 2.75) is 126 Å². The molecule has 0 bridgehead atoms. The van der Waals surface area contributed by atoms with E-state index in [9.17, 15) is 34.8 Å². The number of halogens is 11. The molecule has 21 nitrogen and oxygen atoms in total. The number of ether oxygens (including phenoxy) is 2. The summed E-state index contributed by atoms with van der Waals surface area (Å²) in [7, 11) is -8.06. The lowest BCUT2D eigenvalue weighted by Gasteiger charge is -2.36. The lowest BCUT2D eigenvalue weighted by atomic mass is 9.91. The van der Waals surface area contributed by atoms with E-state index in [0.29, 0.717) is 18.2 Å². The molecule has 0 radical (unpaired) electrons. The van der Waals surface area contributed by atoms with Gasteiger partial charge in [0.1, 0.15) is 52.1 Å². The van der Waals surface area contributed by atoms with Gasteiger partial charge < -0.3 is 31.2 Å². The van der Waals surface area contributed by atoms with Crippen LogP contribution in [-0.2, 0) is 80.0 Å². The van der Waals surface area contributed by atoms with E-state index in [1.54, 1.807) is 0 Å². The molecule has 7 rings (SSSR count). The topological polar surface area (TPSA) is 293 Å². The summed E-state index contributed by atoms with van der Waals surface area (Å²) in [5.74, 6) is -14.4. The van der Waals surface area contributed by atoms with Crippen molar-refractivity contribution in [2.75, 3.05) is 30.2 Å². The second kappa shape index (κ2) is 23.4. The highest BCUT2D eigenvalue weighted by molar-refractivity contribution is 7.92. The van der Waals surface area contributed by atoms with Gasteiger partial charge in [-0.25, -0.2) is 49.2 Å². The number of aromatic nitrogens is 5. The summed E-state index contributed by atoms with van der Waals surface area (Å²) >= 11 is 6.71. The Bertz CT molecular complexity index is 3840. The molecule has 2 amide bonds. The predicted molar refractivity (Wildman–Crippen MR) is 293 cm³/mol. The Hall–Kier alpha value is -7.73. The average Bonchev–Trinajstić information content (AvgIpc) is 1.51. The molecule has 1 fully saturated rings. The molecule has 6 N–H and O–H groups in total. The van der Waals surface area contributed by atoms with Crippen LogP contribution in [0, 0.1) is 34.8 Å². The zero-order valence-corrected chi connectivity index (χ0v) is 49.8. The van der Waals surface area contributed by atoms with Gasteiger partial charge >= 0.3 is 29.8 Å². The van der Waals surface area contributed by atoms with Crippen molar-refractivity contribution in [3.63, 3.8) is 0 Å². The molecule has 2 aromatic carbocycles. The van der Waals surface area contributed by atoms with Gasteiger partial charge in [-0.15, -0.1) is 0 Å². The molecule has 3 heterocycles. The number of sulfone groups is 1. The van der Waals surface area contributed by atoms with Gasteiger partial charge in [0.2, 0.25) is 16.8 Å². The molecule has 0 spiro atoms. The number of rotatable bonds is 18. The normalized spacial score (nSPS) is 16.3. The van der Waals surface area contributed by atoms with E-state index in [1.807, 2.05) is 0 Å². The summed E-state index contributed by atoms with van der Waals surface area (Å²) in [6.07, 6.45) is -11.6. The number of pyridine rings is 1. The highest BCUT2D eigenvalue weighted by Crippen LogP contribution is 2.69. The van der Waals surface area contributed by atoms with Crippen molar-refractivity contribution in [2.24, 2.45) is 11.7 Å². The maximum absolute atomic E-state index is 16.8. The molecule has 472 valence electrons. The Labute approximate surface area is 496 Å². The van der Waals surface area contributed by atoms with Crippen molar-refractivity contribution in [3.8, 4) is 23.0 Å². The number of thiol groups is 1. The number of benzene rings is 2. The third-order valence-electron chi connectivity index (χ3n) is 13.5. The van der Waals surface area contributed by atoms with E-state index in [1.165, 1.54) is 13.8 Å². The minimum Gasteiger partial charge on any atom is -0.457 e. The summed E-state index contributed by atoms with van der Waals surface area (Å²) < 4.78 is 215. The van der Waals surface area contributed by atoms with E-state index in [4.69, 9.17) is 32.2 Å². The van der Waals surface area contributed by atoms with E-state index >= 15 is 45.1 Å². The number of esters is 2. The molecule has 0 aliphatic heterocycles. The molecular formula is C53H56ClF10N11O10S2. The van der Waals surface area contributed by atoms with Crippen LogP contribution in [0.15, 0.2) is 42.5 Å². The van der Waals surface area contributed by atoms with Gasteiger partial charge in [0.25, 0.3) is 11.8 Å². The van der Waals surface area contributed by atoms with Crippen LogP contribution in [0.3, 0.4) is 0 Å². The number of carbonyl (C=O) groups excluding carboxylic acids is 4. The number of amides is 2. The Balaban J connectivity index is 1.61. The fourth-order valence-corrected chi connectivity index (χ4v) is 10.4. The predicted octanol–water partition coefficient (Wildman–Crippen LogP) is 6.60. The SMILES string of the molecule is CC(C)(C)OC(=O)C(C(=O)NC(Cc1cc(F)cc(F)c1)c1nc(C#CC(C)(C)S(C)(=O)=O)ccc1-c1ccc(Cl)c2c(N(CC(=O)NCCNC(=N)N)[SH](=O)=O)nn(CC(F)(F)F)c12)(C(=O)OC(C)(C)C)n1nc(C(F)(F)F)c2c1C(F)(F)[C@@H]1C[C@H]21. The third-order valence-corrected chi connectivity index (χ3v) is 16.4. The number of hydrogen-bond acceptors (Lipinski definition) is 14. The van der Waals surface area contributed by atoms with Gasteiger partial charge in [0, 0.05) is 48.0 Å². The second-order valence-electron chi connectivity index (χ2n) is 22.9. The van der Waals surface area contributed by atoms with Crippen LogP contribution in [0.4, 0.5) is 49.7 Å². The highest BCUT2D eigenvalue weighted by atomic mass is 35.5. The van der Waals surface area contributed by atoms with Crippen molar-refractivity contribution >= 4 is 78.8 Å². The Morgan fingerprint density at radius 3 is 2.00 bits per heavy atom. The molecule has 5 aromatic rings. The maximum Gasteiger partial charge on any atom is 0.435 e. The van der Waals surface area contributed by atoms with Crippen LogP contribution in [-0.4, -0.2) is 119 Å². The lowest BCUT2D eigenvalue weighted by Crippen LogP contribution is -2.64. The fourth-order valence-electron chi connectivity index (χ4n) is 9.42. The first-order valence-corrected chi connectivity index (χ1v) is 29.3. The summed E-state index contributed by atoms with van der Waals surface area (Å²) in [6.45, 7) is 5.72. The van der Waals surface area contributed by atoms with Gasteiger partial charge in [-0.05, 0) is 116 Å². The molecule has 0 saturated heterocycles. The Morgan fingerprint density at radius 2 is 1.47 bits per heavy atom. The lowest BCUT2D eigenvalue weighted by molar-refractivity contribution is -0.187. The largest absolute Gasteiger partial charge is 0.457 e. The zero-order valence-electron chi connectivity index (χ0n) is 47.4. The van der Waals surface area contributed by atoms with E-state index in [-0.39, 0.29) is 22.1 Å². The molecular weight excluding hydrogens is 1240 g/mol. The quantitative estimate of drug-likeness (QED) is 0.00787. The molecule has 87 heavy (non-hydrogen) atoms. The van der Waals surface area contributed by atoms with Crippen LogP contribution in [0.2, 0.25) is 5.02 Å². The molecule has 2 aliphatic carbocycles. The number of carbonyl (C=O) groups is 4. The number of anilines is 1. The monoisotopic (exact) mass is 1300 g/mol. The first-order chi connectivity index (χ1) is 39.8. The van der Waals surface area contributed by atoms with Crippen molar-refractivity contribution in [1.82, 2.24) is 40.5 Å². The number of alkyl halides is 8. The first kappa shape index (κ1) is 66.8. The van der Waals surface area contributed by atoms with Crippen LogP contribution in [0.5, 0.6) is 0 Å². The van der Waals surface area contributed by atoms with E-state index in [0.717, 1.165) is 72.1 Å². The molecule has 1 unspecified atom stereocenters. The molecule has 1 saturated carbocycles. The van der Waals surface area contributed by atoms with Crippen molar-refractivity contribution < 1.29 is 89.4 Å². The molecule has 3 aromatic heterocycles. The Kier molecular flexibility index (Phi) is 18.0. The maximum atomic E-state index is 16.8. The van der Waals surface area contributed by atoms with Crippen LogP contribution >= 0.6 is 11.6 Å². The van der Waals surface area contributed by atoms with Crippen LogP contribution < -0.4 is 26.0 Å². The van der Waals surface area contributed by atoms with Gasteiger partial charge in [-0.2, -0.15) is 45.3 Å². The smallest absolute Gasteiger partial charge is 0.435 e. The zero-order chi connectivity index (χ0) is 65.3. The van der Waals surface area contributed by atoms with Gasteiger partial charge in [-0.3, -0.25) is 19.7 Å². The fraction of sp³-hybridized carbons (Fsp3) is 0.472. The minimum absolute atomic E-state index is 0.140. The number of hydrogen-bond donors (Lipinski definition) is 6. The molecule has 2 aliphatic rings. The summed E-state index contributed by atoms with van der Waals surface area (Å²) in [5, 5.41) is 20.5. The van der Waals surface area contributed by atoms with Crippen LogP contribution in [0.1, 0.15) is 108 Å². The third kappa shape index (κ3) is 14.2. The first-order valence-electron chi connectivity index (χ1n) is 25.9. The van der Waals surface area contributed by atoms with E-state index < -0.39 is 217 Å². The number of guanidine groups is 1. The molecule has 3 atom stereocenters. The standard InChI is InChI=1S/C53H56ClF10N11O10S2/c1-47(2,3)84-44(78)51(45(79)85-48(4,5)6,75-41-36(40(71-75)53(62,63)64)31-22-32(31)52(41,60)61)43(77)70-34(20-25-18-26(55)21-27(56)19-25)38-29(11-10-28(69-38)14-15-49(7,8)87(9,82)83)30-12-13-33(54)37-39(30)73(24-50(57,58)59)72-42(37)74(86(80)81)23-35(76)67-16-17-68-46(65)66/h10-13,18-19,21,31-32,34,86H,16-17,20,22-24H2,1-9H3,(H,67,76)(H,70,77)(H4,65,66,68)/t31-,32+,34?/m0/s1. The number of nitrogens with zero attached hydrogens (tertiary/aromatic N) is 6. The Morgan fingerprint density at radius 1 is 0.897 bits per heavy atom. The number of fused-ring (bicyclic) bond motifs is 4. The van der Waals surface area contributed by atoms with Crippen molar-refractivity contribution in [1.29, 1.82) is 5.41 Å². The minimum atomic E-state index is -5.62. The van der Waals surface area contributed by atoms with Crippen LogP contribution in [0.25, 0.3) is 22.0 Å². The number of nitrogens with two attached hydrogens (primary N) is 1. The van der Waals surface area contributed by atoms with Gasteiger partial charge in [0.05, 0.1) is 27.7 Å². The van der Waals surface area contributed by atoms with Gasteiger partial charge in [-0.1, -0.05) is 23.6 Å². The molecule has 34 heteroatoms. The average molecular weight is 1300 g/mol. The van der Waals surface area contributed by atoms with Crippen molar-refractivity contribution in [3.05, 3.63) is 93.0 Å². The second-order valence-corrected chi connectivity index (χ2v) is 26.8. The summed E-state index contributed by atoms with van der Waals surface area (Å²) in [5.41, 5.74) is -11.1. The summed E-state index contributed by atoms with van der Waals surface area (Å²) in [4.78, 5) is 64.2. The van der Waals surface area contributed by atoms with Gasteiger partial charge in [0.15, 0.2) is 27.3 Å². The van der Waals surface area contributed by atoms with E-state index in [2.05, 4.69) is 43.0 Å². The number of nitrogens with one attached hydrogen (secondary N) is 4.